The highest BCUT2D eigenvalue weighted by Gasteiger charge is 2.21. The van der Waals surface area contributed by atoms with Gasteiger partial charge in [0.2, 0.25) is 0 Å². The summed E-state index contributed by atoms with van der Waals surface area (Å²) in [4.78, 5) is 31.8. The van der Waals surface area contributed by atoms with Crippen LogP contribution in [0.5, 0.6) is 0 Å². The summed E-state index contributed by atoms with van der Waals surface area (Å²) in [6.07, 6.45) is 5.43. The second-order valence-corrected chi connectivity index (χ2v) is 7.50. The van der Waals surface area contributed by atoms with E-state index in [-0.39, 0.29) is 17.6 Å². The van der Waals surface area contributed by atoms with Gasteiger partial charge in [0.15, 0.2) is 0 Å². The molecule has 146 valence electrons. The number of benzene rings is 2. The van der Waals surface area contributed by atoms with Gasteiger partial charge in [-0.15, -0.1) is 0 Å². The zero-order chi connectivity index (χ0) is 20.0. The number of aryl methyl sites for hydroxylation is 2. The minimum atomic E-state index is -0.140. The molecule has 0 aliphatic carbocycles. The number of fused-ring (bicyclic) bond motifs is 2. The lowest BCUT2D eigenvalue weighted by Gasteiger charge is -2.24. The first kappa shape index (κ1) is 17.5. The van der Waals surface area contributed by atoms with E-state index in [0.717, 1.165) is 47.4 Å². The molecule has 1 aliphatic heterocycles. The van der Waals surface area contributed by atoms with Crippen molar-refractivity contribution in [2.75, 3.05) is 0 Å². The number of imidazole rings is 2. The van der Waals surface area contributed by atoms with Crippen LogP contribution in [0.3, 0.4) is 0 Å². The monoisotopic (exact) mass is 387 g/mol. The van der Waals surface area contributed by atoms with Gasteiger partial charge in [-0.25, -0.2) is 9.78 Å². The van der Waals surface area contributed by atoms with Crippen molar-refractivity contribution in [3.05, 3.63) is 76.7 Å². The molecular weight excluding hydrogens is 366 g/mol. The average Bonchev–Trinajstić information content (AvgIpc) is 3.32. The zero-order valence-corrected chi connectivity index (χ0v) is 16.1. The van der Waals surface area contributed by atoms with E-state index in [2.05, 4.69) is 19.9 Å². The predicted octanol–water partition coefficient (Wildman–Crippen LogP) is 2.47. The van der Waals surface area contributed by atoms with Gasteiger partial charge in [0.25, 0.3) is 5.91 Å². The maximum absolute atomic E-state index is 12.8. The Bertz CT molecular complexity index is 1280. The number of aromatic nitrogens is 4. The number of hydrogen-bond acceptors (Lipinski definition) is 3. The Balaban J connectivity index is 1.39. The highest BCUT2D eigenvalue weighted by atomic mass is 16.2. The summed E-state index contributed by atoms with van der Waals surface area (Å²) in [6, 6.07) is 13.5. The summed E-state index contributed by atoms with van der Waals surface area (Å²) in [5, 5.41) is 3.14. The van der Waals surface area contributed by atoms with Crippen molar-refractivity contribution in [3.8, 4) is 11.1 Å². The number of nitrogens with one attached hydrogen (secondary N) is 2. The Morgan fingerprint density at radius 2 is 2.07 bits per heavy atom. The van der Waals surface area contributed by atoms with Crippen LogP contribution in [0.25, 0.3) is 22.2 Å². The number of hydrogen-bond donors (Lipinski definition) is 2. The van der Waals surface area contributed by atoms with Crippen LogP contribution in [0.4, 0.5) is 0 Å². The summed E-state index contributed by atoms with van der Waals surface area (Å²) < 4.78 is 3.72. The molecule has 4 aromatic rings. The minimum Gasteiger partial charge on any atom is -0.349 e. The molecule has 0 bridgehead atoms. The molecule has 1 unspecified atom stereocenters. The van der Waals surface area contributed by atoms with Crippen molar-refractivity contribution in [2.45, 2.75) is 25.4 Å². The fourth-order valence-electron chi connectivity index (χ4n) is 3.99. The Morgan fingerprint density at radius 1 is 1.21 bits per heavy atom. The predicted molar refractivity (Wildman–Crippen MR) is 111 cm³/mol. The molecular formula is C22H21N5O2. The molecule has 2 aromatic carbocycles. The molecule has 7 nitrogen and oxygen atoms in total. The van der Waals surface area contributed by atoms with Crippen LogP contribution in [0.15, 0.2) is 59.7 Å². The fraction of sp³-hybridized carbons (Fsp3) is 0.227. The highest BCUT2D eigenvalue weighted by molar-refractivity contribution is 5.96. The van der Waals surface area contributed by atoms with Crippen molar-refractivity contribution < 1.29 is 4.79 Å². The second kappa shape index (κ2) is 6.77. The zero-order valence-electron chi connectivity index (χ0n) is 16.1. The number of carbonyl (C=O) groups is 1. The first-order valence-corrected chi connectivity index (χ1v) is 9.68. The van der Waals surface area contributed by atoms with Crippen molar-refractivity contribution in [2.24, 2.45) is 7.05 Å². The number of nitrogens with zero attached hydrogens (tertiary/aromatic N) is 3. The molecule has 0 saturated heterocycles. The smallest absolute Gasteiger partial charge is 0.326 e. The SMILES string of the molecule is Cn1c(=O)[nH]c2ccc(-c3cccc(C(=O)NC4CCn5ccnc5C4)c3)cc21. The van der Waals surface area contributed by atoms with E-state index < -0.39 is 0 Å². The van der Waals surface area contributed by atoms with Gasteiger partial charge in [0.05, 0.1) is 11.0 Å². The van der Waals surface area contributed by atoms with Crippen molar-refractivity contribution in [3.63, 3.8) is 0 Å². The van der Waals surface area contributed by atoms with E-state index in [1.807, 2.05) is 48.7 Å². The molecule has 0 saturated carbocycles. The first-order valence-electron chi connectivity index (χ1n) is 9.68. The largest absolute Gasteiger partial charge is 0.349 e. The Morgan fingerprint density at radius 3 is 2.97 bits per heavy atom. The number of amides is 1. The van der Waals surface area contributed by atoms with Crippen LogP contribution in [0, 0.1) is 0 Å². The van der Waals surface area contributed by atoms with Gasteiger partial charge in [-0.2, -0.15) is 0 Å². The van der Waals surface area contributed by atoms with Gasteiger partial charge in [-0.3, -0.25) is 9.36 Å². The van der Waals surface area contributed by atoms with Crippen LogP contribution in [0.2, 0.25) is 0 Å². The van der Waals surface area contributed by atoms with E-state index in [1.54, 1.807) is 17.8 Å². The standard InChI is InChI=1S/C22H21N5O2/c1-26-19-12-15(5-6-18(19)25-22(26)29)14-3-2-4-16(11-14)21(28)24-17-7-9-27-10-8-23-20(27)13-17/h2-6,8,10-12,17H,7,9,13H2,1H3,(H,24,28)(H,25,29). The minimum absolute atomic E-state index is 0.0769. The molecule has 0 fully saturated rings. The topological polar surface area (TPSA) is 84.7 Å². The molecule has 1 atom stereocenters. The van der Waals surface area contributed by atoms with Gasteiger partial charge in [0, 0.05) is 44.0 Å². The first-order chi connectivity index (χ1) is 14.1. The molecule has 29 heavy (non-hydrogen) atoms. The van der Waals surface area contributed by atoms with Crippen LogP contribution < -0.4 is 11.0 Å². The van der Waals surface area contributed by atoms with E-state index in [9.17, 15) is 9.59 Å². The summed E-state index contributed by atoms with van der Waals surface area (Å²) >= 11 is 0. The maximum Gasteiger partial charge on any atom is 0.326 e. The molecule has 1 amide bonds. The Kier molecular flexibility index (Phi) is 4.08. The lowest BCUT2D eigenvalue weighted by atomic mass is 10.0. The van der Waals surface area contributed by atoms with Crippen molar-refractivity contribution >= 4 is 16.9 Å². The van der Waals surface area contributed by atoms with E-state index in [0.29, 0.717) is 5.56 Å². The molecule has 2 aromatic heterocycles. The molecule has 5 rings (SSSR count). The third kappa shape index (κ3) is 3.14. The van der Waals surface area contributed by atoms with E-state index in [4.69, 9.17) is 0 Å². The van der Waals surface area contributed by atoms with Crippen molar-refractivity contribution in [1.82, 2.24) is 24.4 Å². The van der Waals surface area contributed by atoms with Gasteiger partial charge >= 0.3 is 5.69 Å². The molecule has 0 radical (unpaired) electrons. The van der Waals surface area contributed by atoms with E-state index >= 15 is 0 Å². The Hall–Kier alpha value is -3.61. The van der Waals surface area contributed by atoms with Crippen LogP contribution in [0.1, 0.15) is 22.6 Å². The summed E-state index contributed by atoms with van der Waals surface area (Å²) in [5.74, 6) is 0.938. The molecule has 0 spiro atoms. The van der Waals surface area contributed by atoms with Crippen LogP contribution in [-0.4, -0.2) is 31.1 Å². The van der Waals surface area contributed by atoms with Crippen LogP contribution in [-0.2, 0) is 20.0 Å². The molecule has 1 aliphatic rings. The quantitative estimate of drug-likeness (QED) is 0.566. The van der Waals surface area contributed by atoms with Crippen molar-refractivity contribution in [1.29, 1.82) is 0 Å². The number of H-pyrrole nitrogens is 1. The molecule has 2 N–H and O–H groups in total. The summed E-state index contributed by atoms with van der Waals surface area (Å²) in [5.41, 5.74) is 4.01. The van der Waals surface area contributed by atoms with Crippen LogP contribution >= 0.6 is 0 Å². The maximum atomic E-state index is 12.8. The van der Waals surface area contributed by atoms with Gasteiger partial charge < -0.3 is 14.9 Å². The highest BCUT2D eigenvalue weighted by Crippen LogP contribution is 2.24. The molecule has 3 heterocycles. The fourth-order valence-corrected chi connectivity index (χ4v) is 3.99. The summed E-state index contributed by atoms with van der Waals surface area (Å²) in [7, 11) is 1.74. The van der Waals surface area contributed by atoms with Gasteiger partial charge in [0.1, 0.15) is 5.82 Å². The lowest BCUT2D eigenvalue weighted by Crippen LogP contribution is -2.40. The third-order valence-corrected chi connectivity index (χ3v) is 5.65. The normalized spacial score (nSPS) is 16.0. The van der Waals surface area contributed by atoms with E-state index in [1.165, 1.54) is 0 Å². The van der Waals surface area contributed by atoms with Gasteiger partial charge in [-0.05, 0) is 41.8 Å². The Labute approximate surface area is 167 Å². The number of carbonyl (C=O) groups excluding carboxylic acids is 1. The summed E-state index contributed by atoms with van der Waals surface area (Å²) in [6.45, 7) is 0.871. The number of rotatable bonds is 3. The van der Waals surface area contributed by atoms with Gasteiger partial charge in [-0.1, -0.05) is 18.2 Å². The number of aromatic amines is 1. The average molecular weight is 387 g/mol. The lowest BCUT2D eigenvalue weighted by molar-refractivity contribution is 0.0930. The third-order valence-electron chi connectivity index (χ3n) is 5.65. The molecule has 7 heteroatoms. The second-order valence-electron chi connectivity index (χ2n) is 7.50.